The summed E-state index contributed by atoms with van der Waals surface area (Å²) in [4.78, 5) is 14.1. The third kappa shape index (κ3) is 3.88. The molecule has 1 aliphatic heterocycles. The molecule has 0 radical (unpaired) electrons. The smallest absolute Gasteiger partial charge is 0.257 e. The van der Waals surface area contributed by atoms with Crippen LogP contribution in [0.15, 0.2) is 41.2 Å². The molecule has 7 heteroatoms. The Balaban J connectivity index is 1.63. The van der Waals surface area contributed by atoms with Gasteiger partial charge in [-0.2, -0.15) is 0 Å². The topological polar surface area (TPSA) is 70.4 Å². The molecule has 1 fully saturated rings. The summed E-state index contributed by atoms with van der Waals surface area (Å²) in [6, 6.07) is 7.08. The number of hydrogen-bond acceptors (Lipinski definition) is 6. The molecule has 0 unspecified atom stereocenters. The Labute approximate surface area is 146 Å². The van der Waals surface area contributed by atoms with Crippen molar-refractivity contribution >= 4 is 5.91 Å². The van der Waals surface area contributed by atoms with Crippen molar-refractivity contribution in [2.45, 2.75) is 6.10 Å². The maximum absolute atomic E-state index is 12.4. The van der Waals surface area contributed by atoms with Crippen molar-refractivity contribution in [2.75, 3.05) is 40.5 Å². The lowest BCUT2D eigenvalue weighted by Gasteiger charge is -2.32. The molecule has 25 heavy (non-hydrogen) atoms. The van der Waals surface area contributed by atoms with Crippen LogP contribution in [0, 0.1) is 0 Å². The van der Waals surface area contributed by atoms with Gasteiger partial charge < -0.3 is 28.3 Å². The number of morpholine rings is 1. The molecule has 0 saturated carbocycles. The molecule has 0 N–H and O–H groups in total. The lowest BCUT2D eigenvalue weighted by Crippen LogP contribution is -2.47. The molecule has 2 heterocycles. The van der Waals surface area contributed by atoms with Gasteiger partial charge in [0, 0.05) is 6.54 Å². The van der Waals surface area contributed by atoms with Gasteiger partial charge in [0.25, 0.3) is 5.91 Å². The zero-order chi connectivity index (χ0) is 17.6. The minimum absolute atomic E-state index is 0.0723. The third-order valence-electron chi connectivity index (χ3n) is 3.99. The summed E-state index contributed by atoms with van der Waals surface area (Å²) in [5, 5.41) is 0. The normalized spacial score (nSPS) is 17.2. The van der Waals surface area contributed by atoms with Gasteiger partial charge in [0.15, 0.2) is 11.5 Å². The van der Waals surface area contributed by atoms with Crippen LogP contribution in [0.25, 0.3) is 0 Å². The Hall–Kier alpha value is -2.67. The Morgan fingerprint density at radius 3 is 2.64 bits per heavy atom. The molecule has 1 atom stereocenters. The molecule has 3 rings (SSSR count). The predicted octanol–water partition coefficient (Wildman–Crippen LogP) is 2.22. The van der Waals surface area contributed by atoms with E-state index in [0.29, 0.717) is 42.5 Å². The number of methoxy groups -OCH3 is 2. The summed E-state index contributed by atoms with van der Waals surface area (Å²) in [7, 11) is 3.15. The highest BCUT2D eigenvalue weighted by Gasteiger charge is 2.26. The summed E-state index contributed by atoms with van der Waals surface area (Å²) in [5.74, 6) is 1.62. The molecule has 1 amide bonds. The van der Waals surface area contributed by atoms with Crippen molar-refractivity contribution in [3.8, 4) is 17.2 Å². The molecule has 1 aromatic heterocycles. The van der Waals surface area contributed by atoms with E-state index in [0.717, 1.165) is 0 Å². The highest BCUT2D eigenvalue weighted by atomic mass is 16.6. The summed E-state index contributed by atoms with van der Waals surface area (Å²) in [5.41, 5.74) is 0.535. The molecule has 1 aliphatic rings. The van der Waals surface area contributed by atoms with Gasteiger partial charge in [-0.1, -0.05) is 6.07 Å². The molecule has 2 aromatic rings. The molecule has 0 bridgehead atoms. The Morgan fingerprint density at radius 1 is 1.24 bits per heavy atom. The number of carbonyl (C=O) groups is 1. The number of ether oxygens (including phenoxy) is 4. The number of carbonyl (C=O) groups excluding carboxylic acids is 1. The first-order chi connectivity index (χ1) is 12.2. The highest BCUT2D eigenvalue weighted by molar-refractivity contribution is 5.93. The van der Waals surface area contributed by atoms with Gasteiger partial charge in [0.1, 0.15) is 19.0 Å². The fraction of sp³-hybridized carbons (Fsp3) is 0.389. The maximum Gasteiger partial charge on any atom is 0.257 e. The van der Waals surface area contributed by atoms with Gasteiger partial charge in [-0.25, -0.2) is 0 Å². The second-order valence-electron chi connectivity index (χ2n) is 5.56. The average molecular weight is 347 g/mol. The summed E-state index contributed by atoms with van der Waals surface area (Å²) >= 11 is 0. The fourth-order valence-corrected chi connectivity index (χ4v) is 2.71. The van der Waals surface area contributed by atoms with Gasteiger partial charge in [0.2, 0.25) is 5.75 Å². The van der Waals surface area contributed by atoms with Crippen molar-refractivity contribution in [2.24, 2.45) is 0 Å². The molecule has 1 saturated heterocycles. The Morgan fingerprint density at radius 2 is 2.00 bits per heavy atom. The number of para-hydroxylation sites is 1. The van der Waals surface area contributed by atoms with Crippen LogP contribution in [0.3, 0.4) is 0 Å². The lowest BCUT2D eigenvalue weighted by atomic mass is 10.2. The van der Waals surface area contributed by atoms with Gasteiger partial charge in [-0.3, -0.25) is 4.79 Å². The molecular formula is C18H21NO6. The number of furan rings is 1. The number of nitrogens with zero attached hydrogens (tertiary/aromatic N) is 1. The quantitative estimate of drug-likeness (QED) is 0.798. The van der Waals surface area contributed by atoms with Gasteiger partial charge >= 0.3 is 0 Å². The van der Waals surface area contributed by atoms with E-state index < -0.39 is 0 Å². The largest absolute Gasteiger partial charge is 0.493 e. The summed E-state index contributed by atoms with van der Waals surface area (Å²) < 4.78 is 27.2. The minimum Gasteiger partial charge on any atom is -0.493 e. The van der Waals surface area contributed by atoms with Crippen molar-refractivity contribution < 1.29 is 28.2 Å². The van der Waals surface area contributed by atoms with Crippen LogP contribution in [0.1, 0.15) is 10.4 Å². The van der Waals surface area contributed by atoms with E-state index in [1.165, 1.54) is 12.5 Å². The monoisotopic (exact) mass is 347 g/mol. The van der Waals surface area contributed by atoms with Gasteiger partial charge in [0.05, 0.1) is 39.2 Å². The second kappa shape index (κ2) is 7.94. The van der Waals surface area contributed by atoms with Crippen LogP contribution < -0.4 is 14.2 Å². The van der Waals surface area contributed by atoms with Crippen LogP contribution >= 0.6 is 0 Å². The first kappa shape index (κ1) is 17.2. The molecule has 0 aliphatic carbocycles. The zero-order valence-electron chi connectivity index (χ0n) is 14.3. The van der Waals surface area contributed by atoms with Crippen LogP contribution in [0.4, 0.5) is 0 Å². The molecule has 134 valence electrons. The van der Waals surface area contributed by atoms with E-state index >= 15 is 0 Å². The highest BCUT2D eigenvalue weighted by Crippen LogP contribution is 2.36. The van der Waals surface area contributed by atoms with Crippen LogP contribution in [0.5, 0.6) is 17.2 Å². The number of benzene rings is 1. The molecule has 0 spiro atoms. The van der Waals surface area contributed by atoms with E-state index in [2.05, 4.69) is 0 Å². The van der Waals surface area contributed by atoms with Gasteiger partial charge in [-0.15, -0.1) is 0 Å². The number of rotatable bonds is 6. The van der Waals surface area contributed by atoms with Crippen LogP contribution in [0.2, 0.25) is 0 Å². The van der Waals surface area contributed by atoms with Gasteiger partial charge in [-0.05, 0) is 18.2 Å². The Kier molecular flexibility index (Phi) is 5.45. The van der Waals surface area contributed by atoms with E-state index in [4.69, 9.17) is 23.4 Å². The molecule has 7 nitrogen and oxygen atoms in total. The standard InChI is InChI=1S/C18H21NO6/c1-21-15-4-3-5-16(22-2)17(15)25-12-14-10-19(7-9-24-14)18(20)13-6-8-23-11-13/h3-6,8,11,14H,7,9-10,12H2,1-2H3/t14-/m0/s1. The van der Waals surface area contributed by atoms with E-state index in [-0.39, 0.29) is 18.6 Å². The fourth-order valence-electron chi connectivity index (χ4n) is 2.71. The SMILES string of the molecule is COc1cccc(OC)c1OC[C@@H]1CN(C(=O)c2ccoc2)CCO1. The van der Waals surface area contributed by atoms with E-state index in [1.807, 2.05) is 6.07 Å². The zero-order valence-corrected chi connectivity index (χ0v) is 14.3. The Bertz CT molecular complexity index is 677. The third-order valence-corrected chi connectivity index (χ3v) is 3.99. The predicted molar refractivity (Wildman–Crippen MR) is 89.4 cm³/mol. The van der Waals surface area contributed by atoms with Crippen molar-refractivity contribution in [1.82, 2.24) is 4.90 Å². The second-order valence-corrected chi connectivity index (χ2v) is 5.56. The summed E-state index contributed by atoms with van der Waals surface area (Å²) in [6.07, 6.45) is 2.70. The minimum atomic E-state index is -0.237. The maximum atomic E-state index is 12.4. The van der Waals surface area contributed by atoms with Crippen LogP contribution in [-0.4, -0.2) is 57.4 Å². The first-order valence-electron chi connectivity index (χ1n) is 7.99. The number of amides is 1. The summed E-state index contributed by atoms with van der Waals surface area (Å²) in [6.45, 7) is 1.73. The molecular weight excluding hydrogens is 326 g/mol. The van der Waals surface area contributed by atoms with Crippen molar-refractivity contribution in [3.05, 3.63) is 42.4 Å². The van der Waals surface area contributed by atoms with E-state index in [9.17, 15) is 4.79 Å². The van der Waals surface area contributed by atoms with E-state index in [1.54, 1.807) is 37.3 Å². The van der Waals surface area contributed by atoms with Crippen LogP contribution in [-0.2, 0) is 4.74 Å². The number of hydrogen-bond donors (Lipinski definition) is 0. The first-order valence-corrected chi connectivity index (χ1v) is 7.99. The average Bonchev–Trinajstić information content (AvgIpc) is 3.20. The van der Waals surface area contributed by atoms with Crippen molar-refractivity contribution in [3.63, 3.8) is 0 Å². The van der Waals surface area contributed by atoms with Crippen molar-refractivity contribution in [1.29, 1.82) is 0 Å². The molecule has 1 aromatic carbocycles. The lowest BCUT2D eigenvalue weighted by molar-refractivity contribution is -0.0406.